The van der Waals surface area contributed by atoms with Crippen molar-refractivity contribution in [2.75, 3.05) is 13.1 Å². The van der Waals surface area contributed by atoms with Gasteiger partial charge in [0, 0.05) is 19.1 Å². The first-order valence-electron chi connectivity index (χ1n) is 6.86. The van der Waals surface area contributed by atoms with Crippen molar-refractivity contribution in [1.82, 2.24) is 10.2 Å². The third kappa shape index (κ3) is 3.21. The number of nitrogens with zero attached hydrogens (tertiary/aromatic N) is 1. The maximum absolute atomic E-state index is 12.1. The van der Waals surface area contributed by atoms with Gasteiger partial charge in [-0.2, -0.15) is 0 Å². The second-order valence-corrected chi connectivity index (χ2v) is 5.17. The first kappa shape index (κ1) is 11.9. The summed E-state index contributed by atoms with van der Waals surface area (Å²) in [6.07, 6.45) is 8.37. The molecular formula is C13H24N2O. The minimum atomic E-state index is 0.128. The summed E-state index contributed by atoms with van der Waals surface area (Å²) in [4.78, 5) is 14.2. The van der Waals surface area contributed by atoms with Crippen LogP contribution in [0, 0.1) is 0 Å². The van der Waals surface area contributed by atoms with Crippen molar-refractivity contribution >= 4 is 5.91 Å². The van der Waals surface area contributed by atoms with E-state index in [0.29, 0.717) is 11.9 Å². The Kier molecular flexibility index (Phi) is 4.22. The van der Waals surface area contributed by atoms with Crippen LogP contribution in [0.1, 0.15) is 51.9 Å². The van der Waals surface area contributed by atoms with Crippen LogP contribution in [0.15, 0.2) is 0 Å². The maximum Gasteiger partial charge on any atom is 0.239 e. The van der Waals surface area contributed by atoms with Crippen LogP contribution in [0.3, 0.4) is 0 Å². The van der Waals surface area contributed by atoms with Gasteiger partial charge in [-0.15, -0.1) is 0 Å². The number of hydrogen-bond donors (Lipinski definition) is 1. The Labute approximate surface area is 98.6 Å². The number of likely N-dealkylation sites (tertiary alicyclic amines) is 1. The molecule has 2 fully saturated rings. The minimum Gasteiger partial charge on any atom is -0.341 e. The Morgan fingerprint density at radius 2 is 2.12 bits per heavy atom. The first-order valence-corrected chi connectivity index (χ1v) is 6.86. The lowest BCUT2D eigenvalue weighted by atomic mass is 10.0. The van der Waals surface area contributed by atoms with E-state index >= 15 is 0 Å². The largest absolute Gasteiger partial charge is 0.341 e. The van der Waals surface area contributed by atoms with E-state index in [4.69, 9.17) is 0 Å². The van der Waals surface area contributed by atoms with E-state index in [0.717, 1.165) is 19.5 Å². The standard InChI is InChI=1S/C13H24N2O/c1-2-3-4-9-15-10-5-6-12(13(15)16)14-11-7-8-11/h11-12,14H,2-10H2,1H3. The molecule has 0 aromatic carbocycles. The van der Waals surface area contributed by atoms with Crippen molar-refractivity contribution in [3.8, 4) is 0 Å². The zero-order valence-corrected chi connectivity index (χ0v) is 10.4. The molecule has 3 heteroatoms. The second kappa shape index (κ2) is 5.67. The molecule has 1 saturated carbocycles. The zero-order valence-electron chi connectivity index (χ0n) is 10.4. The number of piperidine rings is 1. The average molecular weight is 224 g/mol. The third-order valence-electron chi connectivity index (χ3n) is 3.58. The SMILES string of the molecule is CCCCCN1CCCC(NC2CC2)C1=O. The highest BCUT2D eigenvalue weighted by atomic mass is 16.2. The van der Waals surface area contributed by atoms with Gasteiger partial charge in [0.2, 0.25) is 5.91 Å². The highest BCUT2D eigenvalue weighted by molar-refractivity contribution is 5.82. The summed E-state index contributed by atoms with van der Waals surface area (Å²) in [7, 11) is 0. The molecular weight excluding hydrogens is 200 g/mol. The van der Waals surface area contributed by atoms with Gasteiger partial charge in [0.25, 0.3) is 0 Å². The van der Waals surface area contributed by atoms with Crippen molar-refractivity contribution in [2.45, 2.75) is 64.0 Å². The Bertz CT molecular complexity index is 238. The molecule has 0 spiro atoms. The summed E-state index contributed by atoms with van der Waals surface area (Å²) in [6.45, 7) is 4.15. The summed E-state index contributed by atoms with van der Waals surface area (Å²) in [5.41, 5.74) is 0. The Balaban J connectivity index is 1.76. The van der Waals surface area contributed by atoms with Crippen molar-refractivity contribution in [1.29, 1.82) is 0 Å². The fourth-order valence-corrected chi connectivity index (χ4v) is 2.40. The van der Waals surface area contributed by atoms with Crippen LogP contribution in [-0.4, -0.2) is 36.0 Å². The summed E-state index contributed by atoms with van der Waals surface area (Å²) < 4.78 is 0. The summed E-state index contributed by atoms with van der Waals surface area (Å²) in [5, 5.41) is 3.47. The van der Waals surface area contributed by atoms with E-state index < -0.39 is 0 Å². The number of unbranched alkanes of at least 4 members (excludes halogenated alkanes) is 2. The molecule has 92 valence electrons. The fraction of sp³-hybridized carbons (Fsp3) is 0.923. The number of nitrogens with one attached hydrogen (secondary N) is 1. The van der Waals surface area contributed by atoms with E-state index in [1.54, 1.807) is 0 Å². The molecule has 0 radical (unpaired) electrons. The summed E-state index contributed by atoms with van der Waals surface area (Å²) in [6, 6.07) is 0.771. The minimum absolute atomic E-state index is 0.128. The second-order valence-electron chi connectivity index (χ2n) is 5.17. The van der Waals surface area contributed by atoms with Crippen LogP contribution in [0.5, 0.6) is 0 Å². The van der Waals surface area contributed by atoms with Crippen molar-refractivity contribution in [2.24, 2.45) is 0 Å². The van der Waals surface area contributed by atoms with Gasteiger partial charge in [-0.3, -0.25) is 4.79 Å². The van der Waals surface area contributed by atoms with E-state index in [2.05, 4.69) is 17.1 Å². The molecule has 1 atom stereocenters. The van der Waals surface area contributed by atoms with Crippen molar-refractivity contribution in [3.63, 3.8) is 0 Å². The van der Waals surface area contributed by atoms with Gasteiger partial charge in [-0.1, -0.05) is 19.8 Å². The van der Waals surface area contributed by atoms with E-state index in [1.165, 1.54) is 38.5 Å². The molecule has 1 aliphatic carbocycles. The monoisotopic (exact) mass is 224 g/mol. The van der Waals surface area contributed by atoms with Crippen molar-refractivity contribution in [3.05, 3.63) is 0 Å². The lowest BCUT2D eigenvalue weighted by Crippen LogP contribution is -2.51. The molecule has 0 bridgehead atoms. The fourth-order valence-electron chi connectivity index (χ4n) is 2.40. The molecule has 1 saturated heterocycles. The first-order chi connectivity index (χ1) is 7.81. The van der Waals surface area contributed by atoms with Crippen LogP contribution in [0.25, 0.3) is 0 Å². The predicted octanol–water partition coefficient (Wildman–Crippen LogP) is 1.92. The molecule has 1 heterocycles. The van der Waals surface area contributed by atoms with E-state index in [-0.39, 0.29) is 6.04 Å². The zero-order chi connectivity index (χ0) is 11.4. The Morgan fingerprint density at radius 3 is 2.81 bits per heavy atom. The molecule has 1 unspecified atom stereocenters. The molecule has 1 N–H and O–H groups in total. The van der Waals surface area contributed by atoms with Gasteiger partial charge < -0.3 is 10.2 Å². The number of amides is 1. The maximum atomic E-state index is 12.1. The van der Waals surface area contributed by atoms with Crippen LogP contribution in [0.4, 0.5) is 0 Å². The number of rotatable bonds is 6. The summed E-state index contributed by atoms with van der Waals surface area (Å²) >= 11 is 0. The lowest BCUT2D eigenvalue weighted by molar-refractivity contribution is -0.136. The predicted molar refractivity (Wildman–Crippen MR) is 65.3 cm³/mol. The molecule has 0 aromatic rings. The highest BCUT2D eigenvalue weighted by Crippen LogP contribution is 2.22. The third-order valence-corrected chi connectivity index (χ3v) is 3.58. The molecule has 0 aromatic heterocycles. The van der Waals surface area contributed by atoms with Crippen LogP contribution in [-0.2, 0) is 4.79 Å². The van der Waals surface area contributed by atoms with Crippen molar-refractivity contribution < 1.29 is 4.79 Å². The van der Waals surface area contributed by atoms with Gasteiger partial charge >= 0.3 is 0 Å². The normalized spacial score (nSPS) is 26.2. The lowest BCUT2D eigenvalue weighted by Gasteiger charge is -2.32. The van der Waals surface area contributed by atoms with E-state index in [1.807, 2.05) is 0 Å². The topological polar surface area (TPSA) is 32.3 Å². The van der Waals surface area contributed by atoms with E-state index in [9.17, 15) is 4.79 Å². The van der Waals surface area contributed by atoms with Gasteiger partial charge in [-0.05, 0) is 32.1 Å². The molecule has 3 nitrogen and oxygen atoms in total. The Morgan fingerprint density at radius 1 is 1.31 bits per heavy atom. The van der Waals surface area contributed by atoms with Crippen LogP contribution < -0.4 is 5.32 Å². The van der Waals surface area contributed by atoms with Gasteiger partial charge in [-0.25, -0.2) is 0 Å². The van der Waals surface area contributed by atoms with Gasteiger partial charge in [0.05, 0.1) is 6.04 Å². The quantitative estimate of drug-likeness (QED) is 0.699. The highest BCUT2D eigenvalue weighted by Gasteiger charge is 2.32. The molecule has 2 aliphatic rings. The van der Waals surface area contributed by atoms with Gasteiger partial charge in [0.15, 0.2) is 0 Å². The van der Waals surface area contributed by atoms with Crippen LogP contribution in [0.2, 0.25) is 0 Å². The summed E-state index contributed by atoms with van der Waals surface area (Å²) in [5.74, 6) is 0.356. The molecule has 1 aliphatic heterocycles. The number of hydrogen-bond acceptors (Lipinski definition) is 2. The Hall–Kier alpha value is -0.570. The number of carbonyl (C=O) groups is 1. The van der Waals surface area contributed by atoms with Crippen LogP contribution >= 0.6 is 0 Å². The molecule has 16 heavy (non-hydrogen) atoms. The number of carbonyl (C=O) groups excluding carboxylic acids is 1. The average Bonchev–Trinajstić information content (AvgIpc) is 3.08. The molecule has 1 amide bonds. The molecule has 2 rings (SSSR count). The van der Waals surface area contributed by atoms with Gasteiger partial charge in [0.1, 0.15) is 0 Å². The smallest absolute Gasteiger partial charge is 0.239 e.